The lowest BCUT2D eigenvalue weighted by Crippen LogP contribution is -2.39. The number of rotatable bonds is 10. The molecule has 5 heteroatoms. The molecule has 0 aliphatic rings. The van der Waals surface area contributed by atoms with Crippen LogP contribution in [-0.2, 0) is 11.3 Å². The van der Waals surface area contributed by atoms with Crippen molar-refractivity contribution in [1.82, 2.24) is 15.1 Å². The lowest BCUT2D eigenvalue weighted by molar-refractivity contribution is 0.000753. The summed E-state index contributed by atoms with van der Waals surface area (Å²) in [6.07, 6.45) is 3.95. The van der Waals surface area contributed by atoms with Crippen LogP contribution in [0.15, 0.2) is 6.20 Å². The van der Waals surface area contributed by atoms with Crippen LogP contribution in [0, 0.1) is 5.92 Å². The van der Waals surface area contributed by atoms with Crippen molar-refractivity contribution >= 4 is 11.6 Å². The van der Waals surface area contributed by atoms with Gasteiger partial charge in [-0.05, 0) is 32.2 Å². The van der Waals surface area contributed by atoms with Gasteiger partial charge in [0.2, 0.25) is 0 Å². The van der Waals surface area contributed by atoms with Gasteiger partial charge in [0.1, 0.15) is 0 Å². The van der Waals surface area contributed by atoms with Crippen LogP contribution in [-0.4, -0.2) is 29.0 Å². The van der Waals surface area contributed by atoms with E-state index in [1.54, 1.807) is 6.20 Å². The fraction of sp³-hybridized carbons (Fsp3) is 0.812. The Morgan fingerprint density at radius 1 is 1.29 bits per heavy atom. The number of nitrogens with one attached hydrogen (secondary N) is 1. The highest BCUT2D eigenvalue weighted by molar-refractivity contribution is 6.31. The van der Waals surface area contributed by atoms with Crippen LogP contribution in [0.1, 0.15) is 59.2 Å². The van der Waals surface area contributed by atoms with Gasteiger partial charge in [0.25, 0.3) is 0 Å². The number of nitrogens with zero attached hydrogens (tertiary/aromatic N) is 2. The fourth-order valence-corrected chi connectivity index (χ4v) is 2.86. The molecule has 0 aliphatic heterocycles. The number of halogens is 1. The lowest BCUT2D eigenvalue weighted by atomic mass is 9.96. The maximum Gasteiger partial charge on any atom is 0.0835 e. The average Bonchev–Trinajstić information content (AvgIpc) is 2.80. The van der Waals surface area contributed by atoms with E-state index in [-0.39, 0.29) is 12.1 Å². The Morgan fingerprint density at radius 2 is 2.00 bits per heavy atom. The fourth-order valence-electron chi connectivity index (χ4n) is 2.61. The topological polar surface area (TPSA) is 39.1 Å². The summed E-state index contributed by atoms with van der Waals surface area (Å²) in [4.78, 5) is 0. The van der Waals surface area contributed by atoms with E-state index in [0.717, 1.165) is 36.6 Å². The number of aromatic nitrogens is 2. The largest absolute Gasteiger partial charge is 0.376 e. The summed E-state index contributed by atoms with van der Waals surface area (Å²) >= 11 is 6.42. The second-order valence-electron chi connectivity index (χ2n) is 5.70. The number of ether oxygens (including phenoxy) is 1. The minimum Gasteiger partial charge on any atom is -0.376 e. The van der Waals surface area contributed by atoms with Gasteiger partial charge < -0.3 is 10.1 Å². The van der Waals surface area contributed by atoms with Gasteiger partial charge in [-0.2, -0.15) is 5.10 Å². The van der Waals surface area contributed by atoms with Crippen molar-refractivity contribution in [2.45, 2.75) is 66.2 Å². The van der Waals surface area contributed by atoms with Crippen LogP contribution in [0.25, 0.3) is 0 Å². The first-order valence-corrected chi connectivity index (χ1v) is 8.50. The molecule has 0 radical (unpaired) electrons. The third-order valence-corrected chi connectivity index (χ3v) is 3.81. The van der Waals surface area contributed by atoms with Gasteiger partial charge in [0.15, 0.2) is 0 Å². The SMILES string of the molecule is CCCNC(c1c(Cl)cnn1CCC)C(OCC)C(C)C. The Morgan fingerprint density at radius 3 is 2.52 bits per heavy atom. The molecular formula is C16H30ClN3O. The van der Waals surface area contributed by atoms with Crippen molar-refractivity contribution in [2.75, 3.05) is 13.2 Å². The predicted octanol–water partition coefficient (Wildman–Crippen LogP) is 4.05. The normalized spacial score (nSPS) is 14.6. The summed E-state index contributed by atoms with van der Waals surface area (Å²) in [5.41, 5.74) is 1.05. The quantitative estimate of drug-likeness (QED) is 0.708. The molecule has 0 bridgehead atoms. The summed E-state index contributed by atoms with van der Waals surface area (Å²) in [5, 5.41) is 8.76. The number of hydrogen-bond donors (Lipinski definition) is 1. The Kier molecular flexibility index (Phi) is 8.30. The molecule has 1 N–H and O–H groups in total. The van der Waals surface area contributed by atoms with E-state index in [1.165, 1.54) is 0 Å². The molecule has 122 valence electrons. The van der Waals surface area contributed by atoms with Crippen LogP contribution in [0.4, 0.5) is 0 Å². The minimum absolute atomic E-state index is 0.0754. The van der Waals surface area contributed by atoms with Gasteiger partial charge in [-0.25, -0.2) is 0 Å². The van der Waals surface area contributed by atoms with Gasteiger partial charge in [-0.1, -0.05) is 39.3 Å². The first kappa shape index (κ1) is 18.5. The second-order valence-corrected chi connectivity index (χ2v) is 6.10. The van der Waals surface area contributed by atoms with E-state index in [0.29, 0.717) is 12.5 Å². The van der Waals surface area contributed by atoms with Crippen LogP contribution >= 0.6 is 11.6 Å². The van der Waals surface area contributed by atoms with Crippen LogP contribution in [0.2, 0.25) is 5.02 Å². The standard InChI is InChI=1S/C16H30ClN3O/c1-6-9-18-14(16(12(4)5)21-8-3)15-13(17)11-19-20(15)10-7-2/h11-12,14,16,18H,6-10H2,1-5H3. The van der Waals surface area contributed by atoms with Gasteiger partial charge >= 0.3 is 0 Å². The van der Waals surface area contributed by atoms with Crippen molar-refractivity contribution in [2.24, 2.45) is 5.92 Å². The van der Waals surface area contributed by atoms with Gasteiger partial charge in [0.05, 0.1) is 29.1 Å². The Hall–Kier alpha value is -0.580. The Balaban J connectivity index is 3.13. The second kappa shape index (κ2) is 9.44. The molecule has 21 heavy (non-hydrogen) atoms. The third-order valence-electron chi connectivity index (χ3n) is 3.52. The van der Waals surface area contributed by atoms with E-state index in [1.807, 2.05) is 11.6 Å². The molecule has 4 nitrogen and oxygen atoms in total. The highest BCUT2D eigenvalue weighted by Crippen LogP contribution is 2.30. The van der Waals surface area contributed by atoms with Crippen molar-refractivity contribution < 1.29 is 4.74 Å². The molecule has 1 aromatic heterocycles. The third kappa shape index (κ3) is 4.97. The molecule has 2 unspecified atom stereocenters. The molecule has 1 aromatic rings. The van der Waals surface area contributed by atoms with E-state index in [4.69, 9.17) is 16.3 Å². The monoisotopic (exact) mass is 315 g/mol. The van der Waals surface area contributed by atoms with Crippen molar-refractivity contribution in [3.8, 4) is 0 Å². The summed E-state index contributed by atoms with van der Waals surface area (Å²) in [6.45, 7) is 13.3. The molecule has 0 fully saturated rings. The highest BCUT2D eigenvalue weighted by atomic mass is 35.5. The molecule has 2 atom stereocenters. The number of hydrogen-bond acceptors (Lipinski definition) is 3. The van der Waals surface area contributed by atoms with Crippen LogP contribution < -0.4 is 5.32 Å². The average molecular weight is 316 g/mol. The zero-order valence-corrected chi connectivity index (χ0v) is 14.8. The first-order chi connectivity index (χ1) is 10.1. The Labute approximate surface area is 134 Å². The lowest BCUT2D eigenvalue weighted by Gasteiger charge is -2.31. The zero-order valence-electron chi connectivity index (χ0n) is 14.0. The van der Waals surface area contributed by atoms with Crippen LogP contribution in [0.5, 0.6) is 0 Å². The van der Waals surface area contributed by atoms with Gasteiger partial charge in [-0.3, -0.25) is 4.68 Å². The zero-order chi connectivity index (χ0) is 15.8. The molecule has 0 aliphatic carbocycles. The maximum absolute atomic E-state index is 6.42. The maximum atomic E-state index is 6.42. The number of aryl methyl sites for hydroxylation is 1. The first-order valence-electron chi connectivity index (χ1n) is 8.12. The molecule has 0 saturated heterocycles. The van der Waals surface area contributed by atoms with E-state index >= 15 is 0 Å². The molecule has 0 spiro atoms. The summed E-state index contributed by atoms with van der Waals surface area (Å²) < 4.78 is 8.03. The summed E-state index contributed by atoms with van der Waals surface area (Å²) in [7, 11) is 0. The van der Waals surface area contributed by atoms with Crippen molar-refractivity contribution in [3.05, 3.63) is 16.9 Å². The highest BCUT2D eigenvalue weighted by Gasteiger charge is 2.30. The van der Waals surface area contributed by atoms with Gasteiger partial charge in [0, 0.05) is 13.2 Å². The van der Waals surface area contributed by atoms with E-state index in [2.05, 4.69) is 38.1 Å². The van der Waals surface area contributed by atoms with Gasteiger partial charge in [-0.15, -0.1) is 0 Å². The van der Waals surface area contributed by atoms with E-state index in [9.17, 15) is 0 Å². The van der Waals surface area contributed by atoms with Crippen LogP contribution in [0.3, 0.4) is 0 Å². The minimum atomic E-state index is 0.0754. The van der Waals surface area contributed by atoms with E-state index < -0.39 is 0 Å². The van der Waals surface area contributed by atoms with Crippen molar-refractivity contribution in [3.63, 3.8) is 0 Å². The Bertz CT molecular complexity index is 406. The molecule has 0 amide bonds. The summed E-state index contributed by atoms with van der Waals surface area (Å²) in [5.74, 6) is 0.403. The smallest absolute Gasteiger partial charge is 0.0835 e. The molecule has 1 rings (SSSR count). The predicted molar refractivity (Wildman–Crippen MR) is 88.8 cm³/mol. The molecular weight excluding hydrogens is 286 g/mol. The molecule has 0 aromatic carbocycles. The summed E-state index contributed by atoms with van der Waals surface area (Å²) in [6, 6.07) is 0.0754. The van der Waals surface area contributed by atoms with Crippen molar-refractivity contribution in [1.29, 1.82) is 0 Å². The molecule has 1 heterocycles. The molecule has 0 saturated carbocycles.